The predicted octanol–water partition coefficient (Wildman–Crippen LogP) is 4.32. The van der Waals surface area contributed by atoms with Crippen LogP contribution in [0, 0.1) is 13.8 Å². The lowest BCUT2D eigenvalue weighted by Crippen LogP contribution is -1.97. The molecule has 1 N–H and O–H groups in total. The molecule has 0 saturated heterocycles. The Morgan fingerprint density at radius 3 is 2.56 bits per heavy atom. The van der Waals surface area contributed by atoms with E-state index in [0.717, 1.165) is 16.7 Å². The van der Waals surface area contributed by atoms with Gasteiger partial charge >= 0.3 is 5.97 Å². The zero-order valence-electron chi connectivity index (χ0n) is 10.2. The molecular weight excluding hydrogens is 248 g/mol. The Morgan fingerprint density at radius 2 is 1.89 bits per heavy atom. The molecule has 0 radical (unpaired) electrons. The van der Waals surface area contributed by atoms with Crippen LogP contribution in [0.1, 0.15) is 21.5 Å². The maximum absolute atomic E-state index is 11.0. The molecule has 0 aliphatic heterocycles. The smallest absolute Gasteiger partial charge is 0.335 e. The fourth-order valence-electron chi connectivity index (χ4n) is 1.93. The molecule has 0 atom stereocenters. The van der Waals surface area contributed by atoms with E-state index in [9.17, 15) is 4.79 Å². The predicted molar refractivity (Wildman–Crippen MR) is 73.3 cm³/mol. The average Bonchev–Trinajstić information content (AvgIpc) is 2.31. The highest BCUT2D eigenvalue weighted by Gasteiger charge is 2.09. The molecule has 0 aliphatic carbocycles. The summed E-state index contributed by atoms with van der Waals surface area (Å²) < 4.78 is 0. The molecule has 0 saturated carbocycles. The Bertz CT molecular complexity index is 618. The lowest BCUT2D eigenvalue weighted by atomic mass is 9.96. The van der Waals surface area contributed by atoms with Gasteiger partial charge in [0.2, 0.25) is 0 Å². The van der Waals surface area contributed by atoms with Gasteiger partial charge in [-0.1, -0.05) is 29.8 Å². The van der Waals surface area contributed by atoms with Crippen LogP contribution in [0.25, 0.3) is 11.1 Å². The van der Waals surface area contributed by atoms with Gasteiger partial charge < -0.3 is 5.11 Å². The Hall–Kier alpha value is -1.80. The first kappa shape index (κ1) is 12.7. The van der Waals surface area contributed by atoms with E-state index in [4.69, 9.17) is 16.7 Å². The van der Waals surface area contributed by atoms with E-state index in [1.165, 1.54) is 11.6 Å². The van der Waals surface area contributed by atoms with Crippen molar-refractivity contribution in [2.24, 2.45) is 0 Å². The van der Waals surface area contributed by atoms with Crippen LogP contribution in [-0.4, -0.2) is 11.1 Å². The lowest BCUT2D eigenvalue weighted by Gasteiger charge is -2.10. The second-order valence-corrected chi connectivity index (χ2v) is 4.72. The third-order valence-corrected chi connectivity index (χ3v) is 3.28. The number of rotatable bonds is 2. The third-order valence-electron chi connectivity index (χ3n) is 3.06. The molecule has 0 bridgehead atoms. The van der Waals surface area contributed by atoms with Gasteiger partial charge in [-0.05, 0) is 54.3 Å². The van der Waals surface area contributed by atoms with Gasteiger partial charge in [0.1, 0.15) is 0 Å². The molecule has 0 fully saturated rings. The Kier molecular flexibility index (Phi) is 3.39. The van der Waals surface area contributed by atoms with Gasteiger partial charge in [0.05, 0.1) is 5.56 Å². The van der Waals surface area contributed by atoms with E-state index in [0.29, 0.717) is 5.02 Å². The van der Waals surface area contributed by atoms with E-state index in [2.05, 4.69) is 0 Å². The first-order chi connectivity index (χ1) is 8.49. The summed E-state index contributed by atoms with van der Waals surface area (Å²) in [6.45, 7) is 4.05. The summed E-state index contributed by atoms with van der Waals surface area (Å²) in [6, 6.07) is 10.9. The minimum Gasteiger partial charge on any atom is -0.478 e. The molecule has 0 aromatic heterocycles. The molecule has 2 aromatic carbocycles. The summed E-state index contributed by atoms with van der Waals surface area (Å²) in [6.07, 6.45) is 0. The van der Waals surface area contributed by atoms with Crippen LogP contribution < -0.4 is 0 Å². The standard InChI is InChI=1S/C15H13ClO2/c1-9-4-3-5-14(10(9)2)11-6-12(15(17)18)8-13(16)7-11/h3-8H,1-2H3,(H,17,18). The molecule has 92 valence electrons. The number of carbonyl (C=O) groups is 1. The molecule has 0 spiro atoms. The van der Waals surface area contributed by atoms with Crippen LogP contribution in [-0.2, 0) is 0 Å². The second-order valence-electron chi connectivity index (χ2n) is 4.28. The number of aromatic carboxylic acids is 1. The molecule has 18 heavy (non-hydrogen) atoms. The number of benzene rings is 2. The Morgan fingerprint density at radius 1 is 1.17 bits per heavy atom. The topological polar surface area (TPSA) is 37.3 Å². The second kappa shape index (κ2) is 4.83. The zero-order valence-corrected chi connectivity index (χ0v) is 11.0. The lowest BCUT2D eigenvalue weighted by molar-refractivity contribution is 0.0697. The summed E-state index contributed by atoms with van der Waals surface area (Å²) in [5, 5.41) is 9.48. The van der Waals surface area contributed by atoms with Crippen LogP contribution >= 0.6 is 11.6 Å². The van der Waals surface area contributed by atoms with Gasteiger partial charge in [-0.3, -0.25) is 0 Å². The van der Waals surface area contributed by atoms with Gasteiger partial charge in [-0.2, -0.15) is 0 Å². The molecule has 0 aliphatic rings. The zero-order chi connectivity index (χ0) is 13.3. The Labute approximate surface area is 111 Å². The van der Waals surface area contributed by atoms with Crippen molar-refractivity contribution >= 4 is 17.6 Å². The van der Waals surface area contributed by atoms with Crippen LogP contribution in [0.15, 0.2) is 36.4 Å². The van der Waals surface area contributed by atoms with E-state index in [-0.39, 0.29) is 5.56 Å². The monoisotopic (exact) mass is 260 g/mol. The molecule has 2 aromatic rings. The van der Waals surface area contributed by atoms with Crippen molar-refractivity contribution in [2.75, 3.05) is 0 Å². The highest BCUT2D eigenvalue weighted by atomic mass is 35.5. The minimum atomic E-state index is -0.968. The van der Waals surface area contributed by atoms with Gasteiger partial charge in [-0.25, -0.2) is 4.79 Å². The van der Waals surface area contributed by atoms with E-state index >= 15 is 0 Å². The van der Waals surface area contributed by atoms with Crippen molar-refractivity contribution in [2.45, 2.75) is 13.8 Å². The van der Waals surface area contributed by atoms with Crippen molar-refractivity contribution in [3.63, 3.8) is 0 Å². The van der Waals surface area contributed by atoms with Gasteiger partial charge in [-0.15, -0.1) is 0 Å². The van der Waals surface area contributed by atoms with Crippen molar-refractivity contribution in [1.29, 1.82) is 0 Å². The van der Waals surface area contributed by atoms with Gasteiger partial charge in [0, 0.05) is 5.02 Å². The number of aryl methyl sites for hydroxylation is 1. The Balaban J connectivity index is 2.64. The van der Waals surface area contributed by atoms with E-state index < -0.39 is 5.97 Å². The maximum atomic E-state index is 11.0. The highest BCUT2D eigenvalue weighted by molar-refractivity contribution is 6.31. The number of hydrogen-bond acceptors (Lipinski definition) is 1. The summed E-state index contributed by atoms with van der Waals surface area (Å²) >= 11 is 5.97. The highest BCUT2D eigenvalue weighted by Crippen LogP contribution is 2.28. The third kappa shape index (κ3) is 2.39. The van der Waals surface area contributed by atoms with E-state index in [1.54, 1.807) is 12.1 Å². The fraction of sp³-hybridized carbons (Fsp3) is 0.133. The number of carboxylic acids is 1. The largest absolute Gasteiger partial charge is 0.478 e. The summed E-state index contributed by atoms with van der Waals surface area (Å²) in [5.74, 6) is -0.968. The summed E-state index contributed by atoms with van der Waals surface area (Å²) in [5.41, 5.74) is 4.36. The SMILES string of the molecule is Cc1cccc(-c2cc(Cl)cc(C(=O)O)c2)c1C. The summed E-state index contributed by atoms with van der Waals surface area (Å²) in [7, 11) is 0. The van der Waals surface area contributed by atoms with E-state index in [1.807, 2.05) is 32.0 Å². The first-order valence-corrected chi connectivity index (χ1v) is 5.97. The van der Waals surface area contributed by atoms with Crippen molar-refractivity contribution in [3.05, 3.63) is 58.1 Å². The first-order valence-electron chi connectivity index (χ1n) is 5.59. The maximum Gasteiger partial charge on any atom is 0.335 e. The normalized spacial score (nSPS) is 10.4. The van der Waals surface area contributed by atoms with Crippen molar-refractivity contribution in [1.82, 2.24) is 0 Å². The van der Waals surface area contributed by atoms with Crippen LogP contribution in [0.4, 0.5) is 0 Å². The van der Waals surface area contributed by atoms with Gasteiger partial charge in [0.25, 0.3) is 0 Å². The van der Waals surface area contributed by atoms with Crippen LogP contribution in [0.3, 0.4) is 0 Å². The molecular formula is C15H13ClO2. The quantitative estimate of drug-likeness (QED) is 0.873. The molecule has 0 amide bonds. The molecule has 3 heteroatoms. The number of halogens is 1. The molecule has 2 rings (SSSR count). The molecule has 0 heterocycles. The minimum absolute atomic E-state index is 0.207. The molecule has 2 nitrogen and oxygen atoms in total. The summed E-state index contributed by atoms with van der Waals surface area (Å²) in [4.78, 5) is 11.0. The number of carboxylic acid groups (broad SMARTS) is 1. The van der Waals surface area contributed by atoms with Gasteiger partial charge in [0.15, 0.2) is 0 Å². The fourth-order valence-corrected chi connectivity index (χ4v) is 2.17. The number of hydrogen-bond donors (Lipinski definition) is 1. The van der Waals surface area contributed by atoms with Crippen molar-refractivity contribution in [3.8, 4) is 11.1 Å². The average molecular weight is 261 g/mol. The van der Waals surface area contributed by atoms with Crippen LogP contribution in [0.5, 0.6) is 0 Å². The van der Waals surface area contributed by atoms with Crippen molar-refractivity contribution < 1.29 is 9.90 Å². The van der Waals surface area contributed by atoms with Crippen LogP contribution in [0.2, 0.25) is 5.02 Å². The molecule has 0 unspecified atom stereocenters.